The van der Waals surface area contributed by atoms with E-state index >= 15 is 0 Å². The number of H-pyrrole nitrogens is 1. The van der Waals surface area contributed by atoms with Crippen LogP contribution in [0.3, 0.4) is 0 Å². The molecule has 0 fully saturated rings. The third-order valence-electron chi connectivity index (χ3n) is 6.95. The molecule has 0 unspecified atom stereocenters. The van der Waals surface area contributed by atoms with Crippen molar-refractivity contribution in [1.82, 2.24) is 14.9 Å². The summed E-state index contributed by atoms with van der Waals surface area (Å²) in [5.41, 5.74) is 0.377. The van der Waals surface area contributed by atoms with Crippen LogP contribution in [0.25, 0.3) is 10.9 Å². The van der Waals surface area contributed by atoms with Gasteiger partial charge in [-0.15, -0.1) is 0 Å². The summed E-state index contributed by atoms with van der Waals surface area (Å²) in [5, 5.41) is 20.1. The van der Waals surface area contributed by atoms with Gasteiger partial charge in [0.05, 0.1) is 24.7 Å². The Morgan fingerprint density at radius 2 is 1.73 bits per heavy atom. The van der Waals surface area contributed by atoms with Crippen molar-refractivity contribution in [2.45, 2.75) is 77.9 Å². The number of hydrogen-bond donors (Lipinski definition) is 3. The monoisotopic (exact) mass is 569 g/mol. The molecule has 0 bridgehead atoms. The highest BCUT2D eigenvalue weighted by Crippen LogP contribution is 2.41. The summed E-state index contributed by atoms with van der Waals surface area (Å²) in [6.07, 6.45) is 0.203. The molecule has 0 saturated heterocycles. The van der Waals surface area contributed by atoms with Gasteiger partial charge >= 0.3 is 12.1 Å². The number of nitrogens with one attached hydrogen (secondary N) is 1. The number of rotatable bonds is 8. The molecule has 3 aromatic rings. The number of amides is 1. The molecule has 3 N–H and O–H groups in total. The predicted octanol–water partition coefficient (Wildman–Crippen LogP) is 5.83. The maximum Gasteiger partial charge on any atom is 0.410 e. The fraction of sp³-hybridized carbons (Fsp3) is 0.448. The number of carboxylic acids is 1. The van der Waals surface area contributed by atoms with Crippen molar-refractivity contribution in [3.05, 3.63) is 69.8 Å². The Morgan fingerprint density at radius 1 is 1.05 bits per heavy atom. The van der Waals surface area contributed by atoms with Crippen LogP contribution in [0.15, 0.2) is 47.4 Å². The number of phenols is 1. The van der Waals surface area contributed by atoms with Crippen LogP contribution >= 0.6 is 0 Å². The summed E-state index contributed by atoms with van der Waals surface area (Å²) >= 11 is 0. The van der Waals surface area contributed by atoms with Crippen molar-refractivity contribution in [3.63, 3.8) is 0 Å². The van der Waals surface area contributed by atoms with E-state index in [-0.39, 0.29) is 40.6 Å². The van der Waals surface area contributed by atoms with Crippen molar-refractivity contribution in [2.75, 3.05) is 6.54 Å². The Balaban J connectivity index is 2.12. The van der Waals surface area contributed by atoms with E-state index in [1.54, 1.807) is 39.0 Å². The molecule has 216 valence electrons. The van der Waals surface area contributed by atoms with E-state index in [2.05, 4.69) is 43.8 Å². The average molecular weight is 570 g/mol. The summed E-state index contributed by atoms with van der Waals surface area (Å²) in [4.78, 5) is 45.0. The summed E-state index contributed by atoms with van der Waals surface area (Å²) in [7, 11) is -2.41. The lowest BCUT2D eigenvalue weighted by Gasteiger charge is -2.41. The second kappa shape index (κ2) is 11.4. The first-order valence-corrected chi connectivity index (χ1v) is 16.0. The molecule has 1 atom stereocenters. The number of carboxylic acid groups (broad SMARTS) is 1. The van der Waals surface area contributed by atoms with Gasteiger partial charge in [0.2, 0.25) is 5.56 Å². The Kier molecular flexibility index (Phi) is 8.80. The molecule has 11 heteroatoms. The number of aromatic nitrogens is 2. The molecule has 2 heterocycles. The molecule has 0 radical (unpaired) electrons. The van der Waals surface area contributed by atoms with E-state index in [4.69, 9.17) is 9.16 Å². The minimum absolute atomic E-state index is 0.0730. The Labute approximate surface area is 235 Å². The lowest BCUT2D eigenvalue weighted by molar-refractivity contribution is 0.0137. The minimum atomic E-state index is -2.41. The van der Waals surface area contributed by atoms with E-state index in [0.717, 1.165) is 0 Å². The van der Waals surface area contributed by atoms with E-state index in [1.807, 2.05) is 0 Å². The standard InChI is InChI=1S/C29H39N3O7Si/c1-28(2,3)38-27(37)32(16-18-9-12-21(26(35)36)30-15-18)17-23(39-40(7,8)29(4,5)6)19-10-13-22(33)25-20(19)11-14-24(34)31-25/h9-15,23,33H,16-17H2,1-8H3,(H,31,34)(H,35,36)/t23-/m0/s1. The second-order valence-corrected chi connectivity index (χ2v) is 17.1. The topological polar surface area (TPSA) is 142 Å². The Bertz CT molecular complexity index is 1440. The van der Waals surface area contributed by atoms with Crippen LogP contribution in [0.1, 0.15) is 69.3 Å². The van der Waals surface area contributed by atoms with E-state index in [0.29, 0.717) is 16.5 Å². The van der Waals surface area contributed by atoms with Crippen LogP contribution < -0.4 is 5.56 Å². The van der Waals surface area contributed by atoms with Crippen LogP contribution in [0, 0.1) is 0 Å². The van der Waals surface area contributed by atoms with Crippen LogP contribution in [-0.4, -0.2) is 57.6 Å². The van der Waals surface area contributed by atoms with Crippen molar-refractivity contribution < 1.29 is 29.0 Å². The maximum atomic E-state index is 13.5. The van der Waals surface area contributed by atoms with E-state index < -0.39 is 32.1 Å². The molecule has 0 aliphatic heterocycles. The number of carbonyl (C=O) groups is 2. The van der Waals surface area contributed by atoms with Gasteiger partial charge in [0.1, 0.15) is 17.0 Å². The van der Waals surface area contributed by atoms with Crippen LogP contribution in [0.4, 0.5) is 4.79 Å². The molecule has 0 spiro atoms. The van der Waals surface area contributed by atoms with Gasteiger partial charge in [-0.05, 0) is 68.2 Å². The second-order valence-electron chi connectivity index (χ2n) is 12.4. The zero-order chi connectivity index (χ0) is 30.0. The zero-order valence-electron chi connectivity index (χ0n) is 24.4. The molecule has 0 aliphatic carbocycles. The number of nitrogens with zero attached hydrogens (tertiary/aromatic N) is 2. The SMILES string of the molecule is CC(C)(C)OC(=O)N(Cc1ccc(C(=O)O)nc1)C[C@H](O[Si](C)(C)C(C)(C)C)c1ccc(O)c2[nH]c(=O)ccc12. The lowest BCUT2D eigenvalue weighted by atomic mass is 10.0. The summed E-state index contributed by atoms with van der Waals surface area (Å²) in [6.45, 7) is 16.1. The van der Waals surface area contributed by atoms with E-state index in [1.165, 1.54) is 29.3 Å². The third-order valence-corrected chi connectivity index (χ3v) is 11.4. The number of fused-ring (bicyclic) bond motifs is 1. The number of phenolic OH excluding ortho intramolecular Hbond substituents is 1. The molecule has 1 aromatic carbocycles. The predicted molar refractivity (Wildman–Crippen MR) is 155 cm³/mol. The smallest absolute Gasteiger partial charge is 0.410 e. The van der Waals surface area contributed by atoms with Gasteiger partial charge in [0.15, 0.2) is 8.32 Å². The summed E-state index contributed by atoms with van der Waals surface area (Å²) in [5.74, 6) is -1.22. The fourth-order valence-electron chi connectivity index (χ4n) is 3.87. The van der Waals surface area contributed by atoms with Crippen molar-refractivity contribution in [2.24, 2.45) is 0 Å². The summed E-state index contributed by atoms with van der Waals surface area (Å²) < 4.78 is 12.6. The number of hydrogen-bond acceptors (Lipinski definition) is 7. The number of benzene rings is 1. The Hall–Kier alpha value is -3.70. The minimum Gasteiger partial charge on any atom is -0.506 e. The molecule has 40 heavy (non-hydrogen) atoms. The first kappa shape index (κ1) is 30.8. The molecule has 2 aromatic heterocycles. The van der Waals surface area contributed by atoms with Gasteiger partial charge in [0, 0.05) is 17.6 Å². The molecule has 3 rings (SSSR count). The first-order chi connectivity index (χ1) is 18.4. The molecule has 10 nitrogen and oxygen atoms in total. The molecule has 1 amide bonds. The number of aromatic hydroxyl groups is 1. The number of carbonyl (C=O) groups excluding carboxylic acids is 1. The first-order valence-electron chi connectivity index (χ1n) is 13.1. The average Bonchev–Trinajstić information content (AvgIpc) is 2.82. The highest BCUT2D eigenvalue weighted by Gasteiger charge is 2.41. The van der Waals surface area contributed by atoms with Crippen molar-refractivity contribution in [3.8, 4) is 5.75 Å². The number of aromatic carboxylic acids is 1. The van der Waals surface area contributed by atoms with Crippen molar-refractivity contribution in [1.29, 1.82) is 0 Å². The Morgan fingerprint density at radius 3 is 2.27 bits per heavy atom. The highest BCUT2D eigenvalue weighted by atomic mass is 28.4. The van der Waals surface area contributed by atoms with Gasteiger partial charge in [-0.1, -0.05) is 32.9 Å². The quantitative estimate of drug-likeness (QED) is 0.288. The summed E-state index contributed by atoms with van der Waals surface area (Å²) in [6, 6.07) is 9.26. The molecular weight excluding hydrogens is 530 g/mol. The van der Waals surface area contributed by atoms with Crippen LogP contribution in [0.2, 0.25) is 18.1 Å². The lowest BCUT2D eigenvalue weighted by Crippen LogP contribution is -2.45. The molecule has 0 aliphatic rings. The molecular formula is C29H39N3O7Si. The van der Waals surface area contributed by atoms with E-state index in [9.17, 15) is 24.6 Å². The van der Waals surface area contributed by atoms with Gasteiger partial charge in [-0.25, -0.2) is 14.6 Å². The molecule has 0 saturated carbocycles. The van der Waals surface area contributed by atoms with Gasteiger partial charge in [-0.3, -0.25) is 4.79 Å². The highest BCUT2D eigenvalue weighted by molar-refractivity contribution is 6.74. The largest absolute Gasteiger partial charge is 0.506 e. The van der Waals surface area contributed by atoms with Gasteiger partial charge < -0.3 is 29.3 Å². The van der Waals surface area contributed by atoms with Gasteiger partial charge in [0.25, 0.3) is 0 Å². The zero-order valence-corrected chi connectivity index (χ0v) is 25.4. The number of aromatic amines is 1. The van der Waals surface area contributed by atoms with Crippen LogP contribution in [0.5, 0.6) is 5.75 Å². The maximum absolute atomic E-state index is 13.5. The normalized spacial score (nSPS) is 13.2. The fourth-order valence-corrected chi connectivity index (χ4v) is 5.13. The van der Waals surface area contributed by atoms with Crippen LogP contribution in [-0.2, 0) is 15.7 Å². The number of ether oxygens (including phenoxy) is 1. The van der Waals surface area contributed by atoms with Gasteiger partial charge in [-0.2, -0.15) is 0 Å². The third kappa shape index (κ3) is 7.48. The van der Waals surface area contributed by atoms with Crippen molar-refractivity contribution >= 4 is 31.3 Å². The number of pyridine rings is 2.